The molecule has 3 aliphatic rings. The Morgan fingerprint density at radius 1 is 0.673 bits per heavy atom. The number of anilines is 1. The normalized spacial score (nSPS) is 16.9. The van der Waals surface area contributed by atoms with E-state index in [4.69, 9.17) is 4.98 Å². The van der Waals surface area contributed by atoms with Gasteiger partial charge in [-0.1, -0.05) is 132 Å². The molecule has 6 heteroatoms. The number of rotatable bonds is 4. The van der Waals surface area contributed by atoms with Gasteiger partial charge in [0.1, 0.15) is 13.8 Å². The minimum absolute atomic E-state index is 0.701. The lowest BCUT2D eigenvalue weighted by molar-refractivity contribution is -0.394. The zero-order valence-corrected chi connectivity index (χ0v) is 39.3. The summed E-state index contributed by atoms with van der Waals surface area (Å²) in [4.78, 5) is 12.9. The second kappa shape index (κ2) is 34.4. The molecule has 1 N–H and O–H groups in total. The first kappa shape index (κ1) is 54.3. The fourth-order valence-corrected chi connectivity index (χ4v) is 6.80. The summed E-state index contributed by atoms with van der Waals surface area (Å²) in [5.41, 5.74) is 7.57. The number of hydrogen-bond donors (Lipinski definition) is 1. The molecule has 2 fully saturated rings. The van der Waals surface area contributed by atoms with Gasteiger partial charge >= 0.3 is 0 Å². The molecule has 0 amide bonds. The Labute approximate surface area is 343 Å². The summed E-state index contributed by atoms with van der Waals surface area (Å²) in [6.45, 7) is 44.7. The predicted molar refractivity (Wildman–Crippen MR) is 251 cm³/mol. The van der Waals surface area contributed by atoms with Crippen LogP contribution in [0.1, 0.15) is 145 Å². The molecule has 0 aliphatic carbocycles. The lowest BCUT2D eigenvalue weighted by Gasteiger charge is -2.44. The van der Waals surface area contributed by atoms with Crippen molar-refractivity contribution in [1.29, 1.82) is 0 Å². The minimum atomic E-state index is 0.701. The summed E-state index contributed by atoms with van der Waals surface area (Å²) < 4.78 is 1.85. The Morgan fingerprint density at radius 3 is 1.67 bits per heavy atom. The van der Waals surface area contributed by atoms with Crippen molar-refractivity contribution in [2.75, 3.05) is 64.7 Å². The van der Waals surface area contributed by atoms with Crippen LogP contribution in [0.3, 0.4) is 0 Å². The maximum absolute atomic E-state index is 4.76. The van der Waals surface area contributed by atoms with E-state index >= 15 is 0 Å². The van der Waals surface area contributed by atoms with Crippen LogP contribution >= 0.6 is 0 Å². The molecule has 55 heavy (non-hydrogen) atoms. The predicted octanol–water partition coefficient (Wildman–Crippen LogP) is 12.7. The third kappa shape index (κ3) is 20.3. The smallest absolute Gasteiger partial charge is 0.204 e. The Hall–Kier alpha value is -2.80. The van der Waals surface area contributed by atoms with Crippen LogP contribution in [0.25, 0.3) is 10.9 Å². The van der Waals surface area contributed by atoms with Gasteiger partial charge in [-0.15, -0.1) is 0 Å². The number of nitrogens with one attached hydrogen (secondary N) is 1. The molecule has 0 saturated carbocycles. The molecule has 2 aromatic carbocycles. The average molecular weight is 764 g/mol. The third-order valence-electron chi connectivity index (χ3n) is 9.49. The maximum atomic E-state index is 4.76. The quantitative estimate of drug-likeness (QED) is 0.212. The number of piperazine rings is 1. The Bertz CT molecular complexity index is 1320. The van der Waals surface area contributed by atoms with Gasteiger partial charge in [0.25, 0.3) is 0 Å². The van der Waals surface area contributed by atoms with Crippen molar-refractivity contribution in [3.8, 4) is 0 Å². The maximum Gasteiger partial charge on any atom is 0.204 e. The van der Waals surface area contributed by atoms with E-state index in [1.54, 1.807) is 0 Å². The van der Waals surface area contributed by atoms with E-state index in [1.807, 2.05) is 67.0 Å². The standard InChI is InChI=1S/C26H39N5.C9H12N.2C3H8.4C2H6/c1-3-29-14-16-31(17-15-29)23-9-12-30(13-10-23)22-6-5-21-19-28-25-7-4-20(2)18-24(25)26(21)27-11-8-22;1-8-4-6-9(7-5-8)10(2)3;2*1-3-2;4*1-2/h4,7,18-19,22-23,27H,3,5-6,8-17H2,1-2H3;4-7H,2H2,1,3H3;2*3H2,1-2H3;4*1-2H3/q;+1;;;;;;. The van der Waals surface area contributed by atoms with Crippen molar-refractivity contribution < 1.29 is 4.58 Å². The van der Waals surface area contributed by atoms with Gasteiger partial charge in [0.05, 0.1) is 5.52 Å². The zero-order chi connectivity index (χ0) is 42.2. The summed E-state index contributed by atoms with van der Waals surface area (Å²) >= 11 is 0. The van der Waals surface area contributed by atoms with Gasteiger partial charge in [-0.2, -0.15) is 0 Å². The van der Waals surface area contributed by atoms with Gasteiger partial charge in [0, 0.05) is 74.2 Å². The first-order valence-electron chi connectivity index (χ1n) is 22.7. The van der Waals surface area contributed by atoms with E-state index in [-0.39, 0.29) is 0 Å². The molecule has 6 nitrogen and oxygen atoms in total. The number of aryl methyl sites for hydroxylation is 3. The molecule has 1 unspecified atom stereocenters. The van der Waals surface area contributed by atoms with Gasteiger partial charge in [-0.3, -0.25) is 9.88 Å². The van der Waals surface area contributed by atoms with E-state index in [2.05, 4.69) is 124 Å². The molecule has 6 rings (SSSR count). The van der Waals surface area contributed by atoms with Crippen LogP contribution in [0, 0.1) is 13.8 Å². The molecule has 1 aromatic heterocycles. The molecule has 0 bridgehead atoms. The highest BCUT2D eigenvalue weighted by Gasteiger charge is 2.30. The van der Waals surface area contributed by atoms with E-state index in [0.717, 1.165) is 30.2 Å². The summed E-state index contributed by atoms with van der Waals surface area (Å²) in [6.07, 6.45) is 10.9. The molecule has 4 heterocycles. The van der Waals surface area contributed by atoms with Crippen LogP contribution in [-0.4, -0.2) is 102 Å². The van der Waals surface area contributed by atoms with E-state index in [9.17, 15) is 0 Å². The highest BCUT2D eigenvalue weighted by molar-refractivity contribution is 5.93. The molecule has 316 valence electrons. The van der Waals surface area contributed by atoms with Crippen molar-refractivity contribution >= 4 is 29.0 Å². The summed E-state index contributed by atoms with van der Waals surface area (Å²) in [5, 5.41) is 5.09. The molecule has 1 atom stereocenters. The van der Waals surface area contributed by atoms with Gasteiger partial charge < -0.3 is 15.1 Å². The van der Waals surface area contributed by atoms with Crippen LogP contribution < -0.4 is 5.32 Å². The number of aromatic nitrogens is 1. The third-order valence-corrected chi connectivity index (χ3v) is 9.49. The van der Waals surface area contributed by atoms with Crippen molar-refractivity contribution in [2.45, 2.75) is 161 Å². The number of nitrogens with zero attached hydrogens (tertiary/aromatic N) is 5. The first-order valence-corrected chi connectivity index (χ1v) is 22.7. The first-order chi connectivity index (χ1) is 26.7. The Morgan fingerprint density at radius 2 is 1.16 bits per heavy atom. The summed E-state index contributed by atoms with van der Waals surface area (Å²) in [6, 6.07) is 16.4. The summed E-state index contributed by atoms with van der Waals surface area (Å²) in [7, 11) is 1.94. The molecule has 0 spiro atoms. The van der Waals surface area contributed by atoms with Crippen molar-refractivity contribution in [2.24, 2.45) is 0 Å². The SMILES string of the molecule is C=[N+](C)c1ccc(C)cc1.CC.CC.CC.CC.CCC.CCC.CCN1CCN(C2CCN(C3CCNc4c(cnc5ccc(C)cc45)CC3)CC2)CC1. The fraction of sp³-hybridized carbons (Fsp3) is 0.673. The number of fused-ring (bicyclic) bond motifs is 3. The molecule has 2 saturated heterocycles. The second-order valence-corrected chi connectivity index (χ2v) is 13.8. The molecule has 3 aromatic rings. The van der Waals surface area contributed by atoms with Gasteiger partial charge in [-0.05, 0) is 83.3 Å². The van der Waals surface area contributed by atoms with E-state index in [0.29, 0.717) is 6.04 Å². The van der Waals surface area contributed by atoms with Gasteiger partial charge in [0.15, 0.2) is 0 Å². The summed E-state index contributed by atoms with van der Waals surface area (Å²) in [5.74, 6) is 0. The average Bonchev–Trinajstić information content (AvgIpc) is 3.22. The number of likely N-dealkylation sites (tertiary alicyclic amines) is 1. The van der Waals surface area contributed by atoms with Crippen LogP contribution in [0.15, 0.2) is 48.7 Å². The largest absolute Gasteiger partial charge is 0.384 e. The van der Waals surface area contributed by atoms with Crippen molar-refractivity contribution in [3.63, 3.8) is 0 Å². The van der Waals surface area contributed by atoms with Gasteiger partial charge in [0.2, 0.25) is 5.69 Å². The number of piperidine rings is 1. The topological polar surface area (TPSA) is 37.6 Å². The lowest BCUT2D eigenvalue weighted by Crippen LogP contribution is -2.54. The molecular formula is C49H91N6+. The van der Waals surface area contributed by atoms with E-state index < -0.39 is 0 Å². The Kier molecular flexibility index (Phi) is 34.0. The molecule has 3 aliphatic heterocycles. The minimum Gasteiger partial charge on any atom is -0.384 e. The van der Waals surface area contributed by atoms with Crippen molar-refractivity contribution in [1.82, 2.24) is 19.7 Å². The number of pyridine rings is 1. The lowest BCUT2D eigenvalue weighted by atomic mass is 9.94. The van der Waals surface area contributed by atoms with E-state index in [1.165, 1.54) is 112 Å². The monoisotopic (exact) mass is 764 g/mol. The second-order valence-electron chi connectivity index (χ2n) is 13.8. The zero-order valence-electron chi connectivity index (χ0n) is 39.3. The number of hydrogen-bond acceptors (Lipinski definition) is 5. The molecular weight excluding hydrogens is 673 g/mol. The Balaban J connectivity index is 0. The number of likely N-dealkylation sites (N-methyl/N-ethyl adjacent to an activating group) is 1. The van der Waals surface area contributed by atoms with Crippen LogP contribution in [-0.2, 0) is 6.42 Å². The van der Waals surface area contributed by atoms with Crippen LogP contribution in [0.5, 0.6) is 0 Å². The highest BCUT2D eigenvalue weighted by Crippen LogP contribution is 2.31. The molecule has 0 radical (unpaired) electrons. The van der Waals surface area contributed by atoms with Gasteiger partial charge in [-0.25, -0.2) is 4.58 Å². The van der Waals surface area contributed by atoms with Crippen LogP contribution in [0.4, 0.5) is 11.4 Å². The fourth-order valence-electron chi connectivity index (χ4n) is 6.80. The highest BCUT2D eigenvalue weighted by atomic mass is 15.3. The number of benzene rings is 2. The van der Waals surface area contributed by atoms with Crippen molar-refractivity contribution in [3.05, 3.63) is 65.4 Å². The van der Waals surface area contributed by atoms with Crippen LogP contribution in [0.2, 0.25) is 0 Å².